The molecule has 0 aliphatic carbocycles. The van der Waals surface area contributed by atoms with Gasteiger partial charge in [0, 0.05) is 50.8 Å². The zero-order valence-corrected chi connectivity index (χ0v) is 10.5. The van der Waals surface area contributed by atoms with Crippen LogP contribution in [0.5, 0.6) is 0 Å². The van der Waals surface area contributed by atoms with Gasteiger partial charge in [0.2, 0.25) is 5.95 Å². The lowest BCUT2D eigenvalue weighted by Gasteiger charge is -2.24. The van der Waals surface area contributed by atoms with Crippen molar-refractivity contribution in [2.75, 3.05) is 11.4 Å². The maximum Gasteiger partial charge on any atom is 0.225 e. The fourth-order valence-corrected chi connectivity index (χ4v) is 2.55. The van der Waals surface area contributed by atoms with Crippen LogP contribution < -0.4 is 4.90 Å². The van der Waals surface area contributed by atoms with Crippen molar-refractivity contribution in [3.05, 3.63) is 36.7 Å². The molecule has 5 nitrogen and oxygen atoms in total. The lowest BCUT2D eigenvalue weighted by molar-refractivity contribution is 0.613. The molecular weight excluding hydrogens is 226 g/mol. The first-order valence-corrected chi connectivity index (χ1v) is 6.34. The summed E-state index contributed by atoms with van der Waals surface area (Å²) in [5, 5.41) is 0. The molecule has 5 heteroatoms. The molecule has 0 N–H and O–H groups in total. The highest BCUT2D eigenvalue weighted by atomic mass is 15.3. The van der Waals surface area contributed by atoms with Crippen LogP contribution in [-0.4, -0.2) is 32.1 Å². The van der Waals surface area contributed by atoms with E-state index < -0.39 is 0 Å². The summed E-state index contributed by atoms with van der Waals surface area (Å²) in [5.74, 6) is 1.97. The van der Waals surface area contributed by atoms with Crippen molar-refractivity contribution in [2.45, 2.75) is 25.3 Å². The summed E-state index contributed by atoms with van der Waals surface area (Å²) in [4.78, 5) is 15.4. The van der Waals surface area contributed by atoms with E-state index in [4.69, 9.17) is 0 Å². The molecule has 0 aromatic carbocycles. The lowest BCUT2D eigenvalue weighted by Crippen LogP contribution is -2.33. The molecule has 1 saturated heterocycles. The van der Waals surface area contributed by atoms with Crippen molar-refractivity contribution in [3.8, 4) is 0 Å². The number of hydrogen-bond acceptors (Lipinski definition) is 4. The zero-order chi connectivity index (χ0) is 12.4. The molecule has 2 aromatic heterocycles. The quantitative estimate of drug-likeness (QED) is 0.818. The first-order chi connectivity index (χ1) is 8.84. The van der Waals surface area contributed by atoms with Crippen molar-refractivity contribution in [1.82, 2.24) is 19.5 Å². The van der Waals surface area contributed by atoms with Gasteiger partial charge in [-0.25, -0.2) is 15.0 Å². The van der Waals surface area contributed by atoms with E-state index in [1.54, 1.807) is 12.4 Å². The van der Waals surface area contributed by atoms with Crippen LogP contribution in [-0.2, 0) is 13.5 Å². The molecule has 1 fully saturated rings. The highest BCUT2D eigenvalue weighted by Crippen LogP contribution is 2.24. The van der Waals surface area contributed by atoms with Crippen molar-refractivity contribution in [2.24, 2.45) is 7.05 Å². The van der Waals surface area contributed by atoms with Crippen molar-refractivity contribution in [1.29, 1.82) is 0 Å². The molecular formula is C13H17N5. The topological polar surface area (TPSA) is 46.8 Å². The molecule has 0 spiro atoms. The zero-order valence-electron chi connectivity index (χ0n) is 10.5. The molecule has 1 aliphatic rings. The minimum Gasteiger partial charge on any atom is -0.338 e. The summed E-state index contributed by atoms with van der Waals surface area (Å²) in [7, 11) is 2.04. The Morgan fingerprint density at radius 2 is 2.06 bits per heavy atom. The van der Waals surface area contributed by atoms with E-state index in [2.05, 4.69) is 24.4 Å². The van der Waals surface area contributed by atoms with Gasteiger partial charge >= 0.3 is 0 Å². The first kappa shape index (κ1) is 11.2. The molecule has 1 aliphatic heterocycles. The maximum atomic E-state index is 4.40. The molecule has 0 amide bonds. The van der Waals surface area contributed by atoms with Gasteiger partial charge in [0.1, 0.15) is 5.82 Å². The van der Waals surface area contributed by atoms with Crippen molar-refractivity contribution >= 4 is 5.95 Å². The molecule has 0 radical (unpaired) electrons. The fourth-order valence-electron chi connectivity index (χ4n) is 2.55. The summed E-state index contributed by atoms with van der Waals surface area (Å²) >= 11 is 0. The number of rotatable bonds is 3. The Hall–Kier alpha value is -1.91. The van der Waals surface area contributed by atoms with Crippen molar-refractivity contribution in [3.63, 3.8) is 0 Å². The Kier molecular flexibility index (Phi) is 2.96. The van der Waals surface area contributed by atoms with Crippen LogP contribution in [0.2, 0.25) is 0 Å². The highest BCUT2D eigenvalue weighted by Gasteiger charge is 2.27. The molecule has 18 heavy (non-hydrogen) atoms. The van der Waals surface area contributed by atoms with Crippen LogP contribution in [0.1, 0.15) is 18.7 Å². The minimum atomic E-state index is 0.466. The number of nitrogens with zero attached hydrogens (tertiary/aromatic N) is 5. The van der Waals surface area contributed by atoms with Crippen LogP contribution in [0.3, 0.4) is 0 Å². The van der Waals surface area contributed by atoms with E-state index in [0.717, 1.165) is 24.7 Å². The van der Waals surface area contributed by atoms with Crippen LogP contribution in [0.15, 0.2) is 30.9 Å². The third kappa shape index (κ3) is 2.08. The predicted octanol–water partition coefficient (Wildman–Crippen LogP) is 1.42. The van der Waals surface area contributed by atoms with E-state index in [9.17, 15) is 0 Å². The van der Waals surface area contributed by atoms with Crippen LogP contribution in [0.4, 0.5) is 5.95 Å². The van der Waals surface area contributed by atoms with E-state index in [1.165, 1.54) is 12.8 Å². The average Bonchev–Trinajstić information content (AvgIpc) is 3.01. The van der Waals surface area contributed by atoms with Gasteiger partial charge in [-0.15, -0.1) is 0 Å². The normalized spacial score (nSPS) is 19.4. The second-order valence-corrected chi connectivity index (χ2v) is 4.70. The monoisotopic (exact) mass is 243 g/mol. The molecule has 1 atom stereocenters. The van der Waals surface area contributed by atoms with Gasteiger partial charge in [-0.05, 0) is 18.9 Å². The molecule has 0 unspecified atom stereocenters. The van der Waals surface area contributed by atoms with Gasteiger partial charge in [-0.3, -0.25) is 0 Å². The predicted molar refractivity (Wildman–Crippen MR) is 69.3 cm³/mol. The number of imidazole rings is 1. The molecule has 3 rings (SSSR count). The van der Waals surface area contributed by atoms with Gasteiger partial charge in [0.15, 0.2) is 0 Å². The number of anilines is 1. The summed E-state index contributed by atoms with van der Waals surface area (Å²) < 4.78 is 2.09. The van der Waals surface area contributed by atoms with Crippen LogP contribution in [0.25, 0.3) is 0 Å². The van der Waals surface area contributed by atoms with E-state index in [-0.39, 0.29) is 0 Å². The smallest absolute Gasteiger partial charge is 0.225 e. The highest BCUT2D eigenvalue weighted by molar-refractivity contribution is 5.32. The summed E-state index contributed by atoms with van der Waals surface area (Å²) in [6, 6.07) is 2.32. The van der Waals surface area contributed by atoms with Crippen molar-refractivity contribution < 1.29 is 0 Å². The van der Waals surface area contributed by atoms with Gasteiger partial charge in [0.05, 0.1) is 0 Å². The SMILES string of the molecule is Cn1ccnc1C[C@H]1CCCN1c1ncccn1. The van der Waals surface area contributed by atoms with Gasteiger partial charge in [-0.2, -0.15) is 0 Å². The average molecular weight is 243 g/mol. The lowest BCUT2D eigenvalue weighted by atomic mass is 10.1. The Bertz CT molecular complexity index is 507. The largest absolute Gasteiger partial charge is 0.338 e. The Balaban J connectivity index is 1.78. The minimum absolute atomic E-state index is 0.466. The maximum absolute atomic E-state index is 4.40. The first-order valence-electron chi connectivity index (χ1n) is 6.34. The van der Waals surface area contributed by atoms with Crippen LogP contribution in [0, 0.1) is 0 Å². The molecule has 94 valence electrons. The Labute approximate surface area is 107 Å². The van der Waals surface area contributed by atoms with E-state index in [1.807, 2.05) is 25.5 Å². The third-order valence-corrected chi connectivity index (χ3v) is 3.53. The fraction of sp³-hybridized carbons (Fsp3) is 0.462. The molecule has 0 saturated carbocycles. The van der Waals surface area contributed by atoms with Gasteiger partial charge < -0.3 is 9.47 Å². The standard InChI is InChI=1S/C13H17N5/c1-17-9-7-14-12(17)10-11-4-2-8-18(11)13-15-5-3-6-16-13/h3,5-7,9,11H,2,4,8,10H2,1H3/t11-/m1/s1. The second kappa shape index (κ2) is 4.76. The van der Waals surface area contributed by atoms with Crippen LogP contribution >= 0.6 is 0 Å². The van der Waals surface area contributed by atoms with Gasteiger partial charge in [0.25, 0.3) is 0 Å². The summed E-state index contributed by atoms with van der Waals surface area (Å²) in [5.41, 5.74) is 0. The third-order valence-electron chi connectivity index (χ3n) is 3.53. The second-order valence-electron chi connectivity index (χ2n) is 4.70. The molecule has 3 heterocycles. The molecule has 2 aromatic rings. The number of hydrogen-bond donors (Lipinski definition) is 0. The van der Waals surface area contributed by atoms with Gasteiger partial charge in [-0.1, -0.05) is 0 Å². The summed E-state index contributed by atoms with van der Waals surface area (Å²) in [6.07, 6.45) is 10.8. The van der Waals surface area contributed by atoms with E-state index >= 15 is 0 Å². The molecule has 0 bridgehead atoms. The summed E-state index contributed by atoms with van der Waals surface area (Å²) in [6.45, 7) is 1.04. The number of aromatic nitrogens is 4. The van der Waals surface area contributed by atoms with E-state index in [0.29, 0.717) is 6.04 Å². The Morgan fingerprint density at radius 3 is 2.78 bits per heavy atom. The Morgan fingerprint density at radius 1 is 1.22 bits per heavy atom. The number of aryl methyl sites for hydroxylation is 1.